The third-order valence-electron chi connectivity index (χ3n) is 2.34. The van der Waals surface area contributed by atoms with Crippen molar-refractivity contribution in [3.8, 4) is 0 Å². The van der Waals surface area contributed by atoms with Gasteiger partial charge >= 0.3 is 6.09 Å². The highest BCUT2D eigenvalue weighted by Crippen LogP contribution is 2.09. The molecule has 0 saturated carbocycles. The van der Waals surface area contributed by atoms with E-state index in [-0.39, 0.29) is 11.0 Å². The van der Waals surface area contributed by atoms with E-state index in [0.29, 0.717) is 6.54 Å². The summed E-state index contributed by atoms with van der Waals surface area (Å²) in [4.78, 5) is 22.4. The largest absolute Gasteiger partial charge is 0.444 e. The van der Waals surface area contributed by atoms with Crippen LogP contribution in [0.25, 0.3) is 0 Å². The molecule has 0 bridgehead atoms. The molecule has 22 heavy (non-hydrogen) atoms. The van der Waals surface area contributed by atoms with Crippen molar-refractivity contribution in [2.24, 2.45) is 0 Å². The molecule has 120 valence electrons. The highest BCUT2D eigenvalue weighted by molar-refractivity contribution is 7.80. The van der Waals surface area contributed by atoms with E-state index >= 15 is 0 Å². The first-order chi connectivity index (χ1) is 10.2. The van der Waals surface area contributed by atoms with E-state index < -0.39 is 11.7 Å². The molecule has 1 aromatic carbocycles. The maximum atomic E-state index is 11.5. The van der Waals surface area contributed by atoms with Crippen LogP contribution in [-0.2, 0) is 16.1 Å². The number of anilines is 1. The van der Waals surface area contributed by atoms with E-state index in [1.165, 1.54) is 6.92 Å². The lowest BCUT2D eigenvalue weighted by atomic mass is 10.2. The van der Waals surface area contributed by atoms with Gasteiger partial charge in [0.15, 0.2) is 5.11 Å². The second kappa shape index (κ2) is 7.74. The number of rotatable bonds is 3. The molecular weight excluding hydrogens is 302 g/mol. The summed E-state index contributed by atoms with van der Waals surface area (Å²) in [6.07, 6.45) is -0.592. The van der Waals surface area contributed by atoms with E-state index in [4.69, 9.17) is 17.0 Å². The molecule has 0 aliphatic rings. The summed E-state index contributed by atoms with van der Waals surface area (Å²) >= 11 is 5.02. The average molecular weight is 323 g/mol. The topological polar surface area (TPSA) is 79.5 Å². The van der Waals surface area contributed by atoms with Gasteiger partial charge in [-0.05, 0) is 50.7 Å². The van der Waals surface area contributed by atoms with E-state index in [1.807, 2.05) is 12.1 Å². The molecule has 0 aromatic heterocycles. The van der Waals surface area contributed by atoms with E-state index in [9.17, 15) is 9.59 Å². The zero-order valence-electron chi connectivity index (χ0n) is 13.1. The van der Waals surface area contributed by atoms with Crippen LogP contribution >= 0.6 is 12.2 Å². The number of nitrogens with one attached hydrogen (secondary N) is 3. The van der Waals surface area contributed by atoms with Crippen molar-refractivity contribution in [3.63, 3.8) is 0 Å². The Morgan fingerprint density at radius 2 is 1.77 bits per heavy atom. The zero-order chi connectivity index (χ0) is 16.8. The van der Waals surface area contributed by atoms with E-state index in [2.05, 4.69) is 16.0 Å². The summed E-state index contributed by atoms with van der Waals surface area (Å²) in [7, 11) is 0. The minimum absolute atomic E-state index is 0.117. The van der Waals surface area contributed by atoms with Crippen LogP contribution in [0.1, 0.15) is 33.3 Å². The van der Waals surface area contributed by atoms with Crippen molar-refractivity contribution in [1.29, 1.82) is 0 Å². The maximum absolute atomic E-state index is 11.5. The average Bonchev–Trinajstić information content (AvgIpc) is 2.34. The van der Waals surface area contributed by atoms with Gasteiger partial charge in [-0.1, -0.05) is 12.1 Å². The molecule has 0 heterocycles. The summed E-state index contributed by atoms with van der Waals surface area (Å²) < 4.78 is 5.10. The number of hydrogen-bond donors (Lipinski definition) is 3. The van der Waals surface area contributed by atoms with Crippen LogP contribution in [0.4, 0.5) is 10.5 Å². The van der Waals surface area contributed by atoms with Gasteiger partial charge in [-0.3, -0.25) is 10.1 Å². The number of benzene rings is 1. The minimum atomic E-state index is -0.592. The predicted octanol–water partition coefficient (Wildman–Crippen LogP) is 2.54. The molecule has 1 rings (SSSR count). The zero-order valence-corrected chi connectivity index (χ0v) is 14.0. The van der Waals surface area contributed by atoms with E-state index in [0.717, 1.165) is 11.3 Å². The Hall–Kier alpha value is -2.15. The monoisotopic (exact) mass is 323 g/mol. The lowest BCUT2D eigenvalue weighted by Crippen LogP contribution is -2.41. The lowest BCUT2D eigenvalue weighted by Gasteiger charge is -2.20. The number of ether oxygens (including phenoxy) is 1. The number of amides is 2. The Balaban J connectivity index is 2.41. The van der Waals surface area contributed by atoms with Gasteiger partial charge in [0.2, 0.25) is 5.91 Å². The highest BCUT2D eigenvalue weighted by Gasteiger charge is 2.16. The van der Waals surface area contributed by atoms with Crippen molar-refractivity contribution in [3.05, 3.63) is 29.8 Å². The Labute approximate surface area is 135 Å². The highest BCUT2D eigenvalue weighted by atomic mass is 32.1. The fourth-order valence-electron chi connectivity index (χ4n) is 1.53. The first kappa shape index (κ1) is 17.9. The van der Waals surface area contributed by atoms with Crippen LogP contribution in [0.3, 0.4) is 0 Å². The molecule has 0 fully saturated rings. The first-order valence-electron chi connectivity index (χ1n) is 6.80. The third-order valence-corrected chi connectivity index (χ3v) is 2.59. The van der Waals surface area contributed by atoms with Crippen LogP contribution in [0.15, 0.2) is 24.3 Å². The SMILES string of the molecule is CC(=O)Nc1ccc(CNC(=S)NC(=O)OC(C)(C)C)cc1. The molecule has 0 radical (unpaired) electrons. The number of carbonyl (C=O) groups excluding carboxylic acids is 2. The van der Waals surface area contributed by atoms with E-state index in [1.54, 1.807) is 32.9 Å². The van der Waals surface area contributed by atoms with Crippen molar-refractivity contribution in [2.75, 3.05) is 5.32 Å². The fourth-order valence-corrected chi connectivity index (χ4v) is 1.69. The van der Waals surface area contributed by atoms with Crippen molar-refractivity contribution in [1.82, 2.24) is 10.6 Å². The van der Waals surface area contributed by atoms with Gasteiger partial charge in [-0.15, -0.1) is 0 Å². The van der Waals surface area contributed by atoms with Crippen molar-refractivity contribution in [2.45, 2.75) is 39.8 Å². The van der Waals surface area contributed by atoms with Crippen LogP contribution in [0.2, 0.25) is 0 Å². The number of hydrogen-bond acceptors (Lipinski definition) is 4. The summed E-state index contributed by atoms with van der Waals surface area (Å²) in [6.45, 7) is 7.24. The Morgan fingerprint density at radius 3 is 2.27 bits per heavy atom. The number of thiocarbonyl (C=S) groups is 1. The van der Waals surface area contributed by atoms with Gasteiger partial charge in [-0.2, -0.15) is 0 Å². The standard InChI is InChI=1S/C15H21N3O3S/c1-10(19)17-12-7-5-11(6-8-12)9-16-13(22)18-14(20)21-15(2,3)4/h5-8H,9H2,1-4H3,(H,17,19)(H2,16,18,20,22). The first-order valence-corrected chi connectivity index (χ1v) is 7.21. The maximum Gasteiger partial charge on any atom is 0.413 e. The second-order valence-corrected chi connectivity index (χ2v) is 6.10. The molecule has 0 unspecified atom stereocenters. The Kier molecular flexibility index (Phi) is 6.30. The third kappa shape index (κ3) is 7.58. The van der Waals surface area contributed by atoms with Gasteiger partial charge in [0.25, 0.3) is 0 Å². The van der Waals surface area contributed by atoms with Gasteiger partial charge in [-0.25, -0.2) is 4.79 Å². The van der Waals surface area contributed by atoms with Crippen LogP contribution in [0, 0.1) is 0 Å². The predicted molar refractivity (Wildman–Crippen MR) is 89.6 cm³/mol. The van der Waals surface area contributed by atoms with Gasteiger partial charge < -0.3 is 15.4 Å². The normalized spacial score (nSPS) is 10.5. The smallest absolute Gasteiger partial charge is 0.413 e. The molecule has 0 saturated heterocycles. The molecule has 3 N–H and O–H groups in total. The fraction of sp³-hybridized carbons (Fsp3) is 0.400. The molecule has 1 aromatic rings. The molecule has 6 nitrogen and oxygen atoms in total. The van der Waals surface area contributed by atoms with Crippen LogP contribution < -0.4 is 16.0 Å². The van der Waals surface area contributed by atoms with Crippen molar-refractivity contribution >= 4 is 35.0 Å². The van der Waals surface area contributed by atoms with Gasteiger partial charge in [0.05, 0.1) is 0 Å². The quantitative estimate of drug-likeness (QED) is 0.745. The molecule has 0 atom stereocenters. The Bertz CT molecular complexity index is 550. The summed E-state index contributed by atoms with van der Waals surface area (Å²) in [5.74, 6) is -0.117. The summed E-state index contributed by atoms with van der Waals surface area (Å²) in [5, 5.41) is 8.23. The molecule has 0 spiro atoms. The van der Waals surface area contributed by atoms with Crippen LogP contribution in [-0.4, -0.2) is 22.7 Å². The minimum Gasteiger partial charge on any atom is -0.444 e. The van der Waals surface area contributed by atoms with Crippen LogP contribution in [0.5, 0.6) is 0 Å². The molecule has 0 aliphatic heterocycles. The van der Waals surface area contributed by atoms with Crippen molar-refractivity contribution < 1.29 is 14.3 Å². The molecular formula is C15H21N3O3S. The molecule has 7 heteroatoms. The number of carbonyl (C=O) groups is 2. The summed E-state index contributed by atoms with van der Waals surface area (Å²) in [5.41, 5.74) is 1.12. The molecule has 0 aliphatic carbocycles. The Morgan fingerprint density at radius 1 is 1.18 bits per heavy atom. The summed E-state index contributed by atoms with van der Waals surface area (Å²) in [6, 6.07) is 7.30. The van der Waals surface area contributed by atoms with Gasteiger partial charge in [0, 0.05) is 19.2 Å². The molecule has 2 amide bonds. The lowest BCUT2D eigenvalue weighted by molar-refractivity contribution is -0.114. The van der Waals surface area contributed by atoms with Gasteiger partial charge in [0.1, 0.15) is 5.60 Å². The number of alkyl carbamates (subject to hydrolysis) is 1. The second-order valence-electron chi connectivity index (χ2n) is 5.69.